The molecule has 0 bridgehead atoms. The topological polar surface area (TPSA) is 98.8 Å². The molecule has 2 fully saturated rings. The standard InChI is InChI=1S/C23H25BrN4O4S/c1-13-10-15(5-6-16(13)23(32)27-9-3-4-17(27)21(30)25-2)28-12-14(11-20(28)29)26-22(31)18-7-8-19(24)33-18/h5-8,10,14,17H,3-4,9,11-12H2,1-2H3,(H,25,30)(H,26,31)/t14?,17-/m0/s1. The zero-order valence-corrected chi connectivity index (χ0v) is 20.8. The van der Waals surface area contributed by atoms with Gasteiger partial charge in [0.15, 0.2) is 0 Å². The van der Waals surface area contributed by atoms with E-state index in [2.05, 4.69) is 26.6 Å². The molecule has 0 aliphatic carbocycles. The summed E-state index contributed by atoms with van der Waals surface area (Å²) in [7, 11) is 1.57. The van der Waals surface area contributed by atoms with Gasteiger partial charge in [-0.25, -0.2) is 0 Å². The number of thiophene rings is 1. The Labute approximate surface area is 204 Å². The van der Waals surface area contributed by atoms with Crippen LogP contribution in [0, 0.1) is 6.92 Å². The summed E-state index contributed by atoms with van der Waals surface area (Å²) in [4.78, 5) is 54.2. The van der Waals surface area contributed by atoms with Crippen LogP contribution in [0.5, 0.6) is 0 Å². The van der Waals surface area contributed by atoms with Crippen molar-refractivity contribution < 1.29 is 19.2 Å². The van der Waals surface area contributed by atoms with Gasteiger partial charge in [0.25, 0.3) is 11.8 Å². The smallest absolute Gasteiger partial charge is 0.261 e. The first-order chi connectivity index (χ1) is 15.8. The molecule has 4 amide bonds. The Balaban J connectivity index is 1.45. The first-order valence-corrected chi connectivity index (χ1v) is 12.4. The monoisotopic (exact) mass is 532 g/mol. The minimum Gasteiger partial charge on any atom is -0.357 e. The minimum absolute atomic E-state index is 0.0784. The van der Waals surface area contributed by atoms with Gasteiger partial charge in [0.05, 0.1) is 14.7 Å². The molecule has 0 saturated carbocycles. The second-order valence-electron chi connectivity index (χ2n) is 8.25. The lowest BCUT2D eigenvalue weighted by molar-refractivity contribution is -0.124. The molecule has 2 aliphatic rings. The molecule has 174 valence electrons. The zero-order chi connectivity index (χ0) is 23.7. The van der Waals surface area contributed by atoms with Crippen LogP contribution in [0.3, 0.4) is 0 Å². The quantitative estimate of drug-likeness (QED) is 0.618. The Hall–Kier alpha value is -2.72. The van der Waals surface area contributed by atoms with Crippen LogP contribution < -0.4 is 15.5 Å². The van der Waals surface area contributed by atoms with Crippen molar-refractivity contribution in [3.8, 4) is 0 Å². The van der Waals surface area contributed by atoms with Crippen molar-refractivity contribution in [3.05, 3.63) is 50.1 Å². The number of anilines is 1. The molecular weight excluding hydrogens is 508 g/mol. The first-order valence-electron chi connectivity index (χ1n) is 10.8. The third-order valence-electron chi connectivity index (χ3n) is 6.07. The average Bonchev–Trinajstić information content (AvgIpc) is 3.52. The molecule has 2 aromatic rings. The van der Waals surface area contributed by atoms with Crippen molar-refractivity contribution in [1.82, 2.24) is 15.5 Å². The predicted molar refractivity (Wildman–Crippen MR) is 130 cm³/mol. The second kappa shape index (κ2) is 9.64. The maximum absolute atomic E-state index is 13.1. The summed E-state index contributed by atoms with van der Waals surface area (Å²) in [5.74, 6) is -0.602. The lowest BCUT2D eigenvalue weighted by atomic mass is 10.1. The fourth-order valence-electron chi connectivity index (χ4n) is 4.41. The maximum atomic E-state index is 13.1. The van der Waals surface area contributed by atoms with Crippen LogP contribution in [0.15, 0.2) is 34.1 Å². The van der Waals surface area contributed by atoms with Crippen molar-refractivity contribution >= 4 is 56.6 Å². The Morgan fingerprint density at radius 2 is 1.97 bits per heavy atom. The van der Waals surface area contributed by atoms with E-state index in [4.69, 9.17) is 0 Å². The minimum atomic E-state index is -0.449. The zero-order valence-electron chi connectivity index (χ0n) is 18.4. The van der Waals surface area contributed by atoms with Gasteiger partial charge in [-0.1, -0.05) is 0 Å². The molecular formula is C23H25BrN4O4S. The van der Waals surface area contributed by atoms with Crippen molar-refractivity contribution in [2.45, 2.75) is 38.3 Å². The van der Waals surface area contributed by atoms with Crippen molar-refractivity contribution in [2.24, 2.45) is 0 Å². The highest BCUT2D eigenvalue weighted by molar-refractivity contribution is 9.11. The molecule has 3 heterocycles. The molecule has 2 atom stereocenters. The number of likely N-dealkylation sites (N-methyl/N-ethyl adjacent to an activating group) is 1. The SMILES string of the molecule is CNC(=O)[C@@H]1CCCN1C(=O)c1ccc(N2CC(NC(=O)c3ccc(Br)s3)CC2=O)cc1C. The molecule has 1 aromatic heterocycles. The van der Waals surface area contributed by atoms with E-state index in [-0.39, 0.29) is 36.1 Å². The summed E-state index contributed by atoms with van der Waals surface area (Å²) < 4.78 is 0.873. The Bertz CT molecular complexity index is 1120. The number of halogens is 1. The van der Waals surface area contributed by atoms with E-state index < -0.39 is 6.04 Å². The largest absolute Gasteiger partial charge is 0.357 e. The summed E-state index contributed by atoms with van der Waals surface area (Å²) in [5, 5.41) is 5.56. The number of nitrogens with zero attached hydrogens (tertiary/aromatic N) is 2. The third-order valence-corrected chi connectivity index (χ3v) is 7.69. The number of likely N-dealkylation sites (tertiary alicyclic amines) is 1. The Kier molecular flexibility index (Phi) is 6.85. The summed E-state index contributed by atoms with van der Waals surface area (Å²) in [6.45, 7) is 2.75. The van der Waals surface area contributed by atoms with Crippen LogP contribution in [0.25, 0.3) is 0 Å². The van der Waals surface area contributed by atoms with Gasteiger partial charge >= 0.3 is 0 Å². The number of amides is 4. The molecule has 4 rings (SSSR count). The normalized spacial score (nSPS) is 20.3. The van der Waals surface area contributed by atoms with Crippen LogP contribution >= 0.6 is 27.3 Å². The number of carbonyl (C=O) groups is 4. The average molecular weight is 533 g/mol. The van der Waals surface area contributed by atoms with E-state index in [9.17, 15) is 19.2 Å². The van der Waals surface area contributed by atoms with E-state index in [0.29, 0.717) is 35.6 Å². The van der Waals surface area contributed by atoms with E-state index in [1.165, 1.54) is 11.3 Å². The van der Waals surface area contributed by atoms with E-state index in [0.717, 1.165) is 15.8 Å². The van der Waals surface area contributed by atoms with Crippen LogP contribution in [0.4, 0.5) is 5.69 Å². The van der Waals surface area contributed by atoms with Crippen LogP contribution in [0.2, 0.25) is 0 Å². The van der Waals surface area contributed by atoms with Gasteiger partial charge in [-0.3, -0.25) is 19.2 Å². The fourth-order valence-corrected chi connectivity index (χ4v) is 5.70. The van der Waals surface area contributed by atoms with Gasteiger partial charge in [0, 0.05) is 37.8 Å². The molecule has 1 unspecified atom stereocenters. The number of nitrogens with one attached hydrogen (secondary N) is 2. The highest BCUT2D eigenvalue weighted by Gasteiger charge is 2.35. The summed E-state index contributed by atoms with van der Waals surface area (Å²) >= 11 is 4.69. The Morgan fingerprint density at radius 3 is 2.64 bits per heavy atom. The fraction of sp³-hybridized carbons (Fsp3) is 0.391. The lowest BCUT2D eigenvalue weighted by Gasteiger charge is -2.25. The lowest BCUT2D eigenvalue weighted by Crippen LogP contribution is -2.45. The molecule has 33 heavy (non-hydrogen) atoms. The van der Waals surface area contributed by atoms with Crippen molar-refractivity contribution in [3.63, 3.8) is 0 Å². The van der Waals surface area contributed by atoms with E-state index >= 15 is 0 Å². The molecule has 2 aliphatic heterocycles. The summed E-state index contributed by atoms with van der Waals surface area (Å²) in [6, 6.07) is 8.11. The summed E-state index contributed by atoms with van der Waals surface area (Å²) in [5.41, 5.74) is 1.95. The highest BCUT2D eigenvalue weighted by Crippen LogP contribution is 2.28. The van der Waals surface area contributed by atoms with E-state index in [1.54, 1.807) is 35.0 Å². The predicted octanol–water partition coefficient (Wildman–Crippen LogP) is 2.70. The first kappa shape index (κ1) is 23.4. The number of hydrogen-bond acceptors (Lipinski definition) is 5. The molecule has 1 aromatic carbocycles. The van der Waals surface area contributed by atoms with Gasteiger partial charge < -0.3 is 20.4 Å². The van der Waals surface area contributed by atoms with Crippen molar-refractivity contribution in [2.75, 3.05) is 25.0 Å². The van der Waals surface area contributed by atoms with Gasteiger partial charge in [-0.05, 0) is 71.6 Å². The number of carbonyl (C=O) groups excluding carboxylic acids is 4. The molecule has 2 N–H and O–H groups in total. The number of rotatable bonds is 5. The van der Waals surface area contributed by atoms with Gasteiger partial charge in [-0.2, -0.15) is 0 Å². The third kappa shape index (κ3) is 4.81. The highest BCUT2D eigenvalue weighted by atomic mass is 79.9. The van der Waals surface area contributed by atoms with Crippen molar-refractivity contribution in [1.29, 1.82) is 0 Å². The number of benzene rings is 1. The Morgan fingerprint density at radius 1 is 1.18 bits per heavy atom. The molecule has 10 heteroatoms. The number of hydrogen-bond donors (Lipinski definition) is 2. The van der Waals surface area contributed by atoms with Crippen LogP contribution in [0.1, 0.15) is 44.9 Å². The molecule has 8 nitrogen and oxygen atoms in total. The van der Waals surface area contributed by atoms with Gasteiger partial charge in [-0.15, -0.1) is 11.3 Å². The van der Waals surface area contributed by atoms with Crippen LogP contribution in [-0.4, -0.2) is 60.7 Å². The maximum Gasteiger partial charge on any atom is 0.261 e. The van der Waals surface area contributed by atoms with E-state index in [1.807, 2.05) is 19.1 Å². The second-order valence-corrected chi connectivity index (χ2v) is 10.7. The molecule has 2 saturated heterocycles. The van der Waals surface area contributed by atoms with Crippen LogP contribution in [-0.2, 0) is 9.59 Å². The van der Waals surface area contributed by atoms with Gasteiger partial charge in [0.1, 0.15) is 6.04 Å². The molecule has 0 radical (unpaired) electrons. The van der Waals surface area contributed by atoms with Gasteiger partial charge in [0.2, 0.25) is 11.8 Å². The number of aryl methyl sites for hydroxylation is 1. The molecule has 0 spiro atoms. The summed E-state index contributed by atoms with van der Waals surface area (Å²) in [6.07, 6.45) is 1.67.